The predicted molar refractivity (Wildman–Crippen MR) is 129 cm³/mol. The monoisotopic (exact) mass is 553 g/mol. The number of hydrogen-bond acceptors (Lipinski definition) is 7. The van der Waals surface area contributed by atoms with Gasteiger partial charge in [-0.3, -0.25) is 18.8 Å². The Balaban J connectivity index is 1.78. The summed E-state index contributed by atoms with van der Waals surface area (Å²) in [5, 5.41) is 7.33. The number of ether oxygens (including phenoxy) is 1. The molecule has 0 atom stereocenters. The molecule has 194 valence electrons. The van der Waals surface area contributed by atoms with Gasteiger partial charge < -0.3 is 38.9 Å². The number of anilines is 1. The van der Waals surface area contributed by atoms with Gasteiger partial charge in [-0.2, -0.15) is 0 Å². The molecule has 0 radical (unpaired) electrons. The van der Waals surface area contributed by atoms with Crippen LogP contribution in [0.15, 0.2) is 23.1 Å². The number of carboxylic acid groups (broad SMARTS) is 1. The minimum absolute atomic E-state index is 0.0991. The van der Waals surface area contributed by atoms with Crippen molar-refractivity contribution in [1.29, 1.82) is 0 Å². The van der Waals surface area contributed by atoms with Crippen molar-refractivity contribution in [2.45, 2.75) is 25.3 Å². The van der Waals surface area contributed by atoms with Gasteiger partial charge in [0.15, 0.2) is 11.1 Å². The highest BCUT2D eigenvalue weighted by Crippen LogP contribution is 2.61. The van der Waals surface area contributed by atoms with Crippen LogP contribution in [0.5, 0.6) is 5.75 Å². The Morgan fingerprint density at radius 3 is 2.23 bits per heavy atom. The summed E-state index contributed by atoms with van der Waals surface area (Å²) >= 11 is 6.47. The number of aryl methyl sites for hydroxylation is 1. The van der Waals surface area contributed by atoms with Crippen molar-refractivity contribution in [3.63, 3.8) is 0 Å². The summed E-state index contributed by atoms with van der Waals surface area (Å²) in [5.74, 6) is -0.326. The van der Waals surface area contributed by atoms with Gasteiger partial charge in [-0.15, -0.1) is 0 Å². The average molecular weight is 554 g/mol. The first-order chi connectivity index (χ1) is 16.2. The summed E-state index contributed by atoms with van der Waals surface area (Å²) in [7, 11) is -9.93. The van der Waals surface area contributed by atoms with Crippen molar-refractivity contribution < 1.29 is 43.3 Å². The Hall–Kier alpha value is -1.95. The van der Waals surface area contributed by atoms with Crippen LogP contribution in [-0.2, 0) is 15.7 Å². The average Bonchev–Trinajstić information content (AvgIpc) is 2.74. The summed E-state index contributed by atoms with van der Waals surface area (Å²) in [6.45, 7) is 4.20. The lowest BCUT2D eigenvalue weighted by molar-refractivity contribution is 0.143. The molecule has 2 heterocycles. The largest absolute Gasteiger partial charge is 0.511 e. The zero-order valence-corrected chi connectivity index (χ0v) is 21.2. The summed E-state index contributed by atoms with van der Waals surface area (Å²) in [6, 6.07) is 3.20. The normalized spacial score (nSPS) is 15.7. The number of aromatic nitrogens is 1. The lowest BCUT2D eigenvalue weighted by Gasteiger charge is -2.37. The van der Waals surface area contributed by atoms with Crippen molar-refractivity contribution in [3.05, 3.63) is 33.6 Å². The summed E-state index contributed by atoms with van der Waals surface area (Å²) in [6.07, 6.45) is -0.626. The molecule has 16 heteroatoms. The zero-order chi connectivity index (χ0) is 26.1. The van der Waals surface area contributed by atoms with Crippen molar-refractivity contribution in [1.82, 2.24) is 9.47 Å². The van der Waals surface area contributed by atoms with Gasteiger partial charge in [0.2, 0.25) is 5.43 Å². The van der Waals surface area contributed by atoms with Crippen molar-refractivity contribution in [2.75, 3.05) is 37.6 Å². The molecule has 35 heavy (non-hydrogen) atoms. The second-order valence-corrected chi connectivity index (χ2v) is 12.5. The third-order valence-corrected chi connectivity index (χ3v) is 10.0. The Kier molecular flexibility index (Phi) is 8.35. The quantitative estimate of drug-likeness (QED) is 0.236. The Labute approximate surface area is 204 Å². The van der Waals surface area contributed by atoms with E-state index in [-0.39, 0.29) is 29.1 Å². The van der Waals surface area contributed by atoms with Crippen LogP contribution in [-0.4, -0.2) is 78.4 Å². The fourth-order valence-corrected chi connectivity index (χ4v) is 6.84. The number of benzene rings is 1. The molecule has 1 aliphatic heterocycles. The van der Waals surface area contributed by atoms with Crippen LogP contribution in [0.1, 0.15) is 13.3 Å². The number of nitrogens with zero attached hydrogens (tertiary/aromatic N) is 3. The molecular formula is C19H26ClN3O10P2. The molecule has 13 nitrogen and oxygen atoms in total. The number of fused-ring (bicyclic) bond motifs is 1. The molecule has 0 amide bonds. The van der Waals surface area contributed by atoms with Gasteiger partial charge in [-0.25, -0.2) is 4.79 Å². The third kappa shape index (κ3) is 6.44. The Morgan fingerprint density at radius 2 is 1.71 bits per heavy atom. The highest BCUT2D eigenvalue weighted by molar-refractivity contribution is 7.70. The Morgan fingerprint density at radius 1 is 1.11 bits per heavy atom. The summed E-state index contributed by atoms with van der Waals surface area (Å²) in [4.78, 5) is 64.6. The minimum atomic E-state index is -4.97. The lowest BCUT2D eigenvalue weighted by atomic mass is 10.1. The van der Waals surface area contributed by atoms with E-state index in [9.17, 15) is 38.3 Å². The molecular weight excluding hydrogens is 528 g/mol. The van der Waals surface area contributed by atoms with Crippen molar-refractivity contribution in [3.8, 4) is 5.75 Å². The van der Waals surface area contributed by atoms with E-state index in [2.05, 4.69) is 4.74 Å². The van der Waals surface area contributed by atoms with Crippen molar-refractivity contribution in [2.24, 2.45) is 0 Å². The number of halogens is 1. The molecule has 0 spiro atoms. The van der Waals surface area contributed by atoms with E-state index in [1.54, 1.807) is 10.6 Å². The molecule has 1 fully saturated rings. The number of carbonyl (C=O) groups is 1. The van der Waals surface area contributed by atoms with E-state index in [0.717, 1.165) is 0 Å². The molecule has 1 aromatic carbocycles. The van der Waals surface area contributed by atoms with Gasteiger partial charge in [-0.1, -0.05) is 11.6 Å². The summed E-state index contributed by atoms with van der Waals surface area (Å²) < 4.78 is 29.2. The summed E-state index contributed by atoms with van der Waals surface area (Å²) in [5.41, 5.74) is 0.592. The fourth-order valence-electron chi connectivity index (χ4n) is 4.09. The van der Waals surface area contributed by atoms with Crippen LogP contribution in [0.3, 0.4) is 0 Å². The van der Waals surface area contributed by atoms with Gasteiger partial charge >= 0.3 is 21.3 Å². The van der Waals surface area contributed by atoms with E-state index in [1.807, 2.05) is 16.7 Å². The van der Waals surface area contributed by atoms with E-state index in [0.29, 0.717) is 43.9 Å². The first-order valence-corrected chi connectivity index (χ1v) is 14.3. The van der Waals surface area contributed by atoms with E-state index >= 15 is 0 Å². The third-order valence-electron chi connectivity index (χ3n) is 5.85. The van der Waals surface area contributed by atoms with Crippen LogP contribution in [0.25, 0.3) is 10.9 Å². The van der Waals surface area contributed by atoms with Crippen LogP contribution in [0.2, 0.25) is 5.02 Å². The molecule has 1 aromatic heterocycles. The highest BCUT2D eigenvalue weighted by Gasteiger charge is 2.43. The van der Waals surface area contributed by atoms with Crippen LogP contribution in [0, 0.1) is 0 Å². The first kappa shape index (κ1) is 27.6. The topological polar surface area (TPSA) is 190 Å². The maximum absolute atomic E-state index is 12.7. The number of piperazine rings is 1. The number of hydrogen-bond donors (Lipinski definition) is 5. The molecule has 2 aromatic rings. The van der Waals surface area contributed by atoms with E-state index in [1.165, 1.54) is 12.3 Å². The molecule has 0 saturated carbocycles. The second-order valence-electron chi connectivity index (χ2n) is 8.07. The van der Waals surface area contributed by atoms with E-state index in [4.69, 9.17) is 16.7 Å². The van der Waals surface area contributed by atoms with Gasteiger partial charge in [0, 0.05) is 32.7 Å². The SMILES string of the molecule is CCn1cc(OC(=O)O)c(=O)c2cc(Cl)c(N3CCN(CCC(P(=O)(O)O)P(=O)(O)O)CC3)cc21. The van der Waals surface area contributed by atoms with Gasteiger partial charge in [0.05, 0.1) is 27.8 Å². The molecule has 5 N–H and O–H groups in total. The van der Waals surface area contributed by atoms with Crippen LogP contribution < -0.4 is 15.1 Å². The van der Waals surface area contributed by atoms with Crippen LogP contribution in [0.4, 0.5) is 10.5 Å². The molecule has 0 unspecified atom stereocenters. The molecule has 1 saturated heterocycles. The molecule has 0 bridgehead atoms. The molecule has 1 aliphatic rings. The van der Waals surface area contributed by atoms with E-state index < -0.39 is 32.2 Å². The number of rotatable bonds is 8. The molecule has 3 rings (SSSR count). The Bertz CT molecular complexity index is 1240. The van der Waals surface area contributed by atoms with Gasteiger partial charge in [-0.05, 0) is 32.0 Å². The maximum atomic E-state index is 12.7. The smallest absolute Gasteiger partial charge is 0.449 e. The molecule has 0 aliphatic carbocycles. The van der Waals surface area contributed by atoms with Crippen molar-refractivity contribution >= 4 is 49.5 Å². The minimum Gasteiger partial charge on any atom is -0.449 e. The maximum Gasteiger partial charge on any atom is 0.511 e. The standard InChI is InChI=1S/C19H26ClN3O10P2/c1-2-22-11-16(33-19(25)26)18(24)12-9-13(20)15(10-14(12)22)23-7-5-21(6-8-23)4-3-17(34(27,28)29)35(30,31)32/h9-11,17H,2-8H2,1H3,(H,25,26)(H2,27,28,29)(H2,30,31,32). The first-order valence-electron chi connectivity index (χ1n) is 10.6. The van der Waals surface area contributed by atoms with Gasteiger partial charge in [0.25, 0.3) is 0 Å². The van der Waals surface area contributed by atoms with Crippen LogP contribution >= 0.6 is 26.8 Å². The van der Waals surface area contributed by atoms with Gasteiger partial charge in [0.1, 0.15) is 0 Å². The number of pyridine rings is 1. The highest BCUT2D eigenvalue weighted by atomic mass is 35.5. The predicted octanol–water partition coefficient (Wildman–Crippen LogP) is 1.93. The second kappa shape index (κ2) is 10.6. The lowest BCUT2D eigenvalue weighted by Crippen LogP contribution is -2.47. The zero-order valence-electron chi connectivity index (χ0n) is 18.7. The fraction of sp³-hybridized carbons (Fsp3) is 0.474.